The lowest BCUT2D eigenvalue weighted by atomic mass is 10.5. The Morgan fingerprint density at radius 3 is 1.60 bits per heavy atom. The predicted octanol–water partition coefficient (Wildman–Crippen LogP) is 3.48. The van der Waals surface area contributed by atoms with Gasteiger partial charge in [0.1, 0.15) is 12.8 Å². The highest BCUT2D eigenvalue weighted by atomic mass is 79.9. The molecule has 0 aromatic heterocycles. The molecule has 0 aliphatic rings. The van der Waals surface area contributed by atoms with E-state index in [2.05, 4.69) is 31.9 Å². The average molecular weight is 282 g/mol. The second kappa shape index (κ2) is 9.82. The summed E-state index contributed by atoms with van der Waals surface area (Å²) in [5, 5.41) is 0.451. The highest BCUT2D eigenvalue weighted by molar-refractivity contribution is 9.09. The molecular formula is C6H12Br2F2. The molecule has 0 bridgehead atoms. The Labute approximate surface area is 77.6 Å². The Bertz CT molecular complexity index is 49.7. The van der Waals surface area contributed by atoms with E-state index in [0.717, 1.165) is 0 Å². The van der Waals surface area contributed by atoms with E-state index in [0.29, 0.717) is 5.33 Å². The van der Waals surface area contributed by atoms with Crippen molar-refractivity contribution >= 4 is 31.9 Å². The van der Waals surface area contributed by atoms with Crippen LogP contribution in [0.3, 0.4) is 0 Å². The molecule has 2 unspecified atom stereocenters. The monoisotopic (exact) mass is 280 g/mol. The summed E-state index contributed by atoms with van der Waals surface area (Å²) in [6, 6.07) is 0. The van der Waals surface area contributed by atoms with Gasteiger partial charge in [0.15, 0.2) is 0 Å². The maximum absolute atomic E-state index is 11.4. The first kappa shape index (κ1) is 13.4. The van der Waals surface area contributed by atoms with E-state index in [1.54, 1.807) is 6.92 Å². The molecule has 0 saturated carbocycles. The molecular weight excluding hydrogens is 270 g/mol. The molecule has 0 aromatic rings. The van der Waals surface area contributed by atoms with Crippen molar-refractivity contribution < 1.29 is 8.78 Å². The van der Waals surface area contributed by atoms with Gasteiger partial charge in [-0.2, -0.15) is 0 Å². The van der Waals surface area contributed by atoms with Crippen molar-refractivity contribution in [2.75, 3.05) is 12.0 Å². The molecule has 0 rings (SSSR count). The van der Waals surface area contributed by atoms with Crippen molar-refractivity contribution in [1.82, 2.24) is 0 Å². The second-order valence-corrected chi connectivity index (χ2v) is 4.08. The SMILES string of the molecule is CC(Br)CF.CC(F)CBr. The molecule has 0 saturated heterocycles. The van der Waals surface area contributed by atoms with E-state index in [1.807, 2.05) is 0 Å². The van der Waals surface area contributed by atoms with Crippen LogP contribution in [-0.2, 0) is 0 Å². The molecule has 0 aliphatic carbocycles. The van der Waals surface area contributed by atoms with Crippen LogP contribution in [0.5, 0.6) is 0 Å². The highest BCUT2D eigenvalue weighted by Crippen LogP contribution is 1.94. The Morgan fingerprint density at radius 1 is 1.40 bits per heavy atom. The first-order chi connectivity index (χ1) is 4.54. The summed E-state index contributed by atoms with van der Waals surface area (Å²) in [6.45, 7) is 2.99. The summed E-state index contributed by atoms with van der Waals surface area (Å²) in [5.74, 6) is 0. The van der Waals surface area contributed by atoms with E-state index in [4.69, 9.17) is 0 Å². The lowest BCUT2D eigenvalue weighted by molar-refractivity contribution is 0.400. The van der Waals surface area contributed by atoms with Gasteiger partial charge >= 0.3 is 0 Å². The molecule has 0 fully saturated rings. The number of hydrogen-bond acceptors (Lipinski definition) is 0. The topological polar surface area (TPSA) is 0 Å². The number of halogens is 4. The smallest absolute Gasteiger partial charge is 0.107 e. The predicted molar refractivity (Wildman–Crippen MR) is 48.7 cm³/mol. The van der Waals surface area contributed by atoms with Gasteiger partial charge in [-0.25, -0.2) is 8.78 Å². The number of rotatable bonds is 2. The quantitative estimate of drug-likeness (QED) is 0.680. The van der Waals surface area contributed by atoms with E-state index in [9.17, 15) is 8.78 Å². The summed E-state index contributed by atoms with van der Waals surface area (Å²) in [6.07, 6.45) is -0.699. The summed E-state index contributed by atoms with van der Waals surface area (Å²) in [7, 11) is 0. The van der Waals surface area contributed by atoms with E-state index in [-0.39, 0.29) is 11.5 Å². The molecule has 0 N–H and O–H groups in total. The molecule has 4 heteroatoms. The van der Waals surface area contributed by atoms with Gasteiger partial charge in [-0.1, -0.05) is 38.8 Å². The minimum absolute atomic E-state index is 0.0301. The molecule has 0 nitrogen and oxygen atoms in total. The molecule has 0 radical (unpaired) electrons. The zero-order valence-electron chi connectivity index (χ0n) is 6.08. The van der Waals surface area contributed by atoms with Crippen LogP contribution in [0.4, 0.5) is 8.78 Å². The third-order valence-electron chi connectivity index (χ3n) is 0.425. The first-order valence-corrected chi connectivity index (χ1v) is 4.98. The van der Waals surface area contributed by atoms with Crippen molar-refractivity contribution in [2.24, 2.45) is 0 Å². The second-order valence-electron chi connectivity index (χ2n) is 1.87. The zero-order chi connectivity index (χ0) is 8.57. The van der Waals surface area contributed by atoms with Crippen LogP contribution in [0.25, 0.3) is 0 Å². The molecule has 0 heterocycles. The van der Waals surface area contributed by atoms with Crippen LogP contribution in [0.1, 0.15) is 13.8 Å². The van der Waals surface area contributed by atoms with Crippen LogP contribution < -0.4 is 0 Å². The largest absolute Gasteiger partial charge is 0.250 e. The van der Waals surface area contributed by atoms with Gasteiger partial charge in [-0.15, -0.1) is 0 Å². The molecule has 0 spiro atoms. The molecule has 2 atom stereocenters. The normalized spacial score (nSPS) is 15.0. The van der Waals surface area contributed by atoms with Gasteiger partial charge in [-0.3, -0.25) is 0 Å². The minimum atomic E-state index is -0.699. The van der Waals surface area contributed by atoms with Gasteiger partial charge in [0.25, 0.3) is 0 Å². The minimum Gasteiger partial charge on any atom is -0.250 e. The van der Waals surface area contributed by atoms with Crippen molar-refractivity contribution in [3.8, 4) is 0 Å². The lowest BCUT2D eigenvalue weighted by Gasteiger charge is -1.84. The summed E-state index contributed by atoms with van der Waals surface area (Å²) in [4.78, 5) is 0.0301. The van der Waals surface area contributed by atoms with Gasteiger partial charge in [-0.05, 0) is 6.92 Å². The molecule has 0 aliphatic heterocycles. The van der Waals surface area contributed by atoms with E-state index < -0.39 is 6.17 Å². The fourth-order valence-electron chi connectivity index (χ4n) is 0. The highest BCUT2D eigenvalue weighted by Gasteiger charge is 1.87. The van der Waals surface area contributed by atoms with Crippen LogP contribution in [0.2, 0.25) is 0 Å². The molecule has 10 heavy (non-hydrogen) atoms. The van der Waals surface area contributed by atoms with E-state index in [1.165, 1.54) is 6.92 Å². The lowest BCUT2D eigenvalue weighted by Crippen LogP contribution is -1.89. The van der Waals surface area contributed by atoms with Crippen LogP contribution in [0, 0.1) is 0 Å². The standard InChI is InChI=1S/2C3H6BrF/c1-3(4)2-5;1-3(5)2-4/h2*3H,2H2,1H3. The molecule has 0 aromatic carbocycles. The Morgan fingerprint density at radius 2 is 1.60 bits per heavy atom. The van der Waals surface area contributed by atoms with Gasteiger partial charge in [0.2, 0.25) is 0 Å². The first-order valence-electron chi connectivity index (χ1n) is 2.94. The maximum atomic E-state index is 11.4. The maximum Gasteiger partial charge on any atom is 0.107 e. The number of hydrogen-bond donors (Lipinski definition) is 0. The summed E-state index contributed by atoms with van der Waals surface area (Å²) >= 11 is 5.94. The van der Waals surface area contributed by atoms with Crippen molar-refractivity contribution in [2.45, 2.75) is 24.8 Å². The van der Waals surface area contributed by atoms with Crippen LogP contribution >= 0.6 is 31.9 Å². The van der Waals surface area contributed by atoms with Crippen LogP contribution in [-0.4, -0.2) is 23.0 Å². The third kappa shape index (κ3) is 23.2. The van der Waals surface area contributed by atoms with E-state index >= 15 is 0 Å². The molecule has 64 valence electrons. The molecule has 0 amide bonds. The third-order valence-corrected chi connectivity index (χ3v) is 1.56. The van der Waals surface area contributed by atoms with Crippen molar-refractivity contribution in [3.05, 3.63) is 0 Å². The van der Waals surface area contributed by atoms with Crippen LogP contribution in [0.15, 0.2) is 0 Å². The summed E-state index contributed by atoms with van der Waals surface area (Å²) < 4.78 is 22.5. The fraction of sp³-hybridized carbons (Fsp3) is 1.00. The average Bonchev–Trinajstić information content (AvgIpc) is 1.89. The van der Waals surface area contributed by atoms with Gasteiger partial charge in [0.05, 0.1) is 0 Å². The summed E-state index contributed by atoms with van der Waals surface area (Å²) in [5.41, 5.74) is 0. The number of alkyl halides is 4. The van der Waals surface area contributed by atoms with Crippen molar-refractivity contribution in [3.63, 3.8) is 0 Å². The van der Waals surface area contributed by atoms with Gasteiger partial charge < -0.3 is 0 Å². The van der Waals surface area contributed by atoms with Gasteiger partial charge in [0, 0.05) is 10.2 Å². The Hall–Kier alpha value is 0.820. The van der Waals surface area contributed by atoms with Crippen molar-refractivity contribution in [1.29, 1.82) is 0 Å². The zero-order valence-corrected chi connectivity index (χ0v) is 9.25. The Balaban J connectivity index is 0. The Kier molecular flexibility index (Phi) is 13.2. The fourth-order valence-corrected chi connectivity index (χ4v) is 0.